The second-order valence-corrected chi connectivity index (χ2v) is 4.23. The van der Waals surface area contributed by atoms with Crippen LogP contribution in [0, 0.1) is 0 Å². The van der Waals surface area contributed by atoms with Crippen molar-refractivity contribution < 1.29 is 4.98 Å². The number of pyridine rings is 1. The SMILES string of the molecule is C=Cc1cccc2c(-c3ccccc3)[nH+]ccc12. The summed E-state index contributed by atoms with van der Waals surface area (Å²) < 4.78 is 0. The molecule has 0 spiro atoms. The van der Waals surface area contributed by atoms with E-state index in [1.807, 2.05) is 18.3 Å². The summed E-state index contributed by atoms with van der Waals surface area (Å²) >= 11 is 0. The van der Waals surface area contributed by atoms with E-state index in [0.29, 0.717) is 0 Å². The quantitative estimate of drug-likeness (QED) is 0.635. The molecule has 1 N–H and O–H groups in total. The molecular formula is C17H14N+. The Morgan fingerprint density at radius 2 is 1.67 bits per heavy atom. The van der Waals surface area contributed by atoms with Gasteiger partial charge in [-0.2, -0.15) is 0 Å². The van der Waals surface area contributed by atoms with Crippen LogP contribution in [0.3, 0.4) is 0 Å². The minimum atomic E-state index is 1.15. The van der Waals surface area contributed by atoms with Crippen LogP contribution in [0.15, 0.2) is 67.4 Å². The number of aromatic amines is 1. The van der Waals surface area contributed by atoms with Crippen LogP contribution in [-0.4, -0.2) is 0 Å². The average molecular weight is 232 g/mol. The van der Waals surface area contributed by atoms with Crippen molar-refractivity contribution in [3.8, 4) is 11.3 Å². The van der Waals surface area contributed by atoms with Gasteiger partial charge in [-0.1, -0.05) is 43.0 Å². The summed E-state index contributed by atoms with van der Waals surface area (Å²) in [6.45, 7) is 3.87. The molecule has 0 saturated heterocycles. The van der Waals surface area contributed by atoms with E-state index < -0.39 is 0 Å². The van der Waals surface area contributed by atoms with Crippen molar-refractivity contribution in [2.45, 2.75) is 0 Å². The summed E-state index contributed by atoms with van der Waals surface area (Å²) in [5.41, 5.74) is 3.51. The Morgan fingerprint density at radius 3 is 2.44 bits per heavy atom. The van der Waals surface area contributed by atoms with E-state index in [1.54, 1.807) is 0 Å². The van der Waals surface area contributed by atoms with Crippen molar-refractivity contribution in [1.82, 2.24) is 0 Å². The topological polar surface area (TPSA) is 14.1 Å². The summed E-state index contributed by atoms with van der Waals surface area (Å²) in [6, 6.07) is 18.8. The van der Waals surface area contributed by atoms with Crippen molar-refractivity contribution in [2.24, 2.45) is 0 Å². The highest BCUT2D eigenvalue weighted by atomic mass is 14.7. The Bertz CT molecular complexity index is 699. The first kappa shape index (κ1) is 10.7. The lowest BCUT2D eigenvalue weighted by atomic mass is 10.0. The van der Waals surface area contributed by atoms with Gasteiger partial charge in [-0.05, 0) is 23.8 Å². The molecule has 0 aliphatic rings. The lowest BCUT2D eigenvalue weighted by Gasteiger charge is -2.03. The van der Waals surface area contributed by atoms with Gasteiger partial charge in [0.2, 0.25) is 5.69 Å². The van der Waals surface area contributed by atoms with Gasteiger partial charge in [0.15, 0.2) is 6.20 Å². The highest BCUT2D eigenvalue weighted by molar-refractivity contribution is 5.97. The van der Waals surface area contributed by atoms with Crippen LogP contribution in [0.1, 0.15) is 5.56 Å². The molecule has 1 heteroatoms. The van der Waals surface area contributed by atoms with Crippen molar-refractivity contribution in [3.63, 3.8) is 0 Å². The van der Waals surface area contributed by atoms with E-state index in [0.717, 1.165) is 5.69 Å². The maximum absolute atomic E-state index is 3.87. The molecule has 0 amide bonds. The number of fused-ring (bicyclic) bond motifs is 1. The molecule has 3 rings (SSSR count). The number of nitrogens with one attached hydrogen (secondary N) is 1. The van der Waals surface area contributed by atoms with Gasteiger partial charge in [-0.3, -0.25) is 0 Å². The van der Waals surface area contributed by atoms with Crippen LogP contribution < -0.4 is 4.98 Å². The van der Waals surface area contributed by atoms with Crippen LogP contribution >= 0.6 is 0 Å². The highest BCUT2D eigenvalue weighted by Gasteiger charge is 2.11. The molecule has 0 aliphatic carbocycles. The van der Waals surface area contributed by atoms with Gasteiger partial charge >= 0.3 is 0 Å². The van der Waals surface area contributed by atoms with Crippen LogP contribution in [-0.2, 0) is 0 Å². The van der Waals surface area contributed by atoms with E-state index in [9.17, 15) is 0 Å². The minimum absolute atomic E-state index is 1.15. The number of hydrogen-bond acceptors (Lipinski definition) is 0. The summed E-state index contributed by atoms with van der Waals surface area (Å²) in [7, 11) is 0. The van der Waals surface area contributed by atoms with Crippen molar-refractivity contribution in [1.29, 1.82) is 0 Å². The molecule has 0 bridgehead atoms. The lowest BCUT2D eigenvalue weighted by Crippen LogP contribution is -2.06. The van der Waals surface area contributed by atoms with Gasteiger partial charge in [-0.15, -0.1) is 0 Å². The van der Waals surface area contributed by atoms with Crippen LogP contribution in [0.4, 0.5) is 0 Å². The fraction of sp³-hybridized carbons (Fsp3) is 0. The average Bonchev–Trinajstić information content (AvgIpc) is 2.47. The Balaban J connectivity index is 2.35. The highest BCUT2D eigenvalue weighted by Crippen LogP contribution is 2.26. The fourth-order valence-electron chi connectivity index (χ4n) is 2.29. The molecule has 2 aromatic carbocycles. The van der Waals surface area contributed by atoms with E-state index in [1.165, 1.54) is 21.9 Å². The number of benzene rings is 2. The third-order valence-electron chi connectivity index (χ3n) is 3.17. The van der Waals surface area contributed by atoms with Gasteiger partial charge in [-0.25, -0.2) is 4.98 Å². The summed E-state index contributed by atoms with van der Waals surface area (Å²) in [5.74, 6) is 0. The molecule has 18 heavy (non-hydrogen) atoms. The predicted octanol–water partition coefficient (Wildman–Crippen LogP) is 3.96. The molecule has 0 fully saturated rings. The van der Waals surface area contributed by atoms with Crippen LogP contribution in [0.2, 0.25) is 0 Å². The molecule has 0 aliphatic heterocycles. The first-order valence-electron chi connectivity index (χ1n) is 6.01. The van der Waals surface area contributed by atoms with E-state index >= 15 is 0 Å². The lowest BCUT2D eigenvalue weighted by molar-refractivity contribution is -0.362. The summed E-state index contributed by atoms with van der Waals surface area (Å²) in [6.07, 6.45) is 3.88. The van der Waals surface area contributed by atoms with Gasteiger partial charge in [0.05, 0.1) is 5.39 Å². The molecule has 1 nitrogen and oxygen atoms in total. The van der Waals surface area contributed by atoms with E-state index in [4.69, 9.17) is 0 Å². The first-order valence-corrected chi connectivity index (χ1v) is 6.01. The maximum atomic E-state index is 3.87. The normalized spacial score (nSPS) is 10.4. The minimum Gasteiger partial charge on any atom is -0.211 e. The fourth-order valence-corrected chi connectivity index (χ4v) is 2.29. The number of hydrogen-bond donors (Lipinski definition) is 0. The standard InChI is InChI=1S/C17H13N/c1-2-13-9-6-10-16-15(13)11-12-18-17(16)14-7-4-3-5-8-14/h2-12H,1H2/p+1. The Labute approximate surface area is 106 Å². The number of rotatable bonds is 2. The summed E-state index contributed by atoms with van der Waals surface area (Å²) in [5, 5.41) is 2.45. The molecular weight excluding hydrogens is 218 g/mol. The van der Waals surface area contributed by atoms with Gasteiger partial charge < -0.3 is 0 Å². The zero-order chi connectivity index (χ0) is 12.4. The molecule has 1 heterocycles. The third-order valence-corrected chi connectivity index (χ3v) is 3.17. The van der Waals surface area contributed by atoms with Gasteiger partial charge in [0.25, 0.3) is 0 Å². The molecule has 0 atom stereocenters. The van der Waals surface area contributed by atoms with E-state index in [-0.39, 0.29) is 0 Å². The van der Waals surface area contributed by atoms with E-state index in [2.05, 4.69) is 60.1 Å². The molecule has 0 unspecified atom stereocenters. The zero-order valence-corrected chi connectivity index (χ0v) is 10.1. The van der Waals surface area contributed by atoms with Crippen LogP contribution in [0.5, 0.6) is 0 Å². The Kier molecular flexibility index (Phi) is 2.66. The van der Waals surface area contributed by atoms with Gasteiger partial charge in [0, 0.05) is 17.0 Å². The molecule has 0 radical (unpaired) electrons. The first-order chi connectivity index (χ1) is 8.90. The number of aromatic nitrogens is 1. The summed E-state index contributed by atoms with van der Waals surface area (Å²) in [4.78, 5) is 3.34. The predicted molar refractivity (Wildman–Crippen MR) is 76.0 cm³/mol. The zero-order valence-electron chi connectivity index (χ0n) is 10.1. The molecule has 0 saturated carbocycles. The molecule has 3 aromatic rings. The number of H-pyrrole nitrogens is 1. The van der Waals surface area contributed by atoms with Crippen molar-refractivity contribution >= 4 is 16.8 Å². The smallest absolute Gasteiger partial charge is 0.211 e. The van der Waals surface area contributed by atoms with Gasteiger partial charge in [0.1, 0.15) is 0 Å². The molecule has 1 aromatic heterocycles. The largest absolute Gasteiger partial charge is 0.218 e. The second-order valence-electron chi connectivity index (χ2n) is 4.23. The van der Waals surface area contributed by atoms with Crippen molar-refractivity contribution in [2.75, 3.05) is 0 Å². The molecule has 86 valence electrons. The monoisotopic (exact) mass is 232 g/mol. The Morgan fingerprint density at radius 1 is 0.833 bits per heavy atom. The third kappa shape index (κ3) is 1.70. The Hall–Kier alpha value is -2.41. The van der Waals surface area contributed by atoms with Crippen molar-refractivity contribution in [3.05, 3.63) is 72.9 Å². The van der Waals surface area contributed by atoms with Crippen LogP contribution in [0.25, 0.3) is 28.1 Å². The maximum Gasteiger partial charge on any atom is 0.218 e. The second kappa shape index (κ2) is 4.46.